The average molecular weight is 426 g/mol. The fourth-order valence-corrected chi connectivity index (χ4v) is 2.47. The highest BCUT2D eigenvalue weighted by atomic mass is 79.9. The summed E-state index contributed by atoms with van der Waals surface area (Å²) in [5.74, 6) is -4.17. The van der Waals surface area contributed by atoms with Crippen molar-refractivity contribution in [2.24, 2.45) is 0 Å². The number of halogens is 6. The van der Waals surface area contributed by atoms with E-state index < -0.39 is 45.3 Å². The Bertz CT molecular complexity index is 839. The largest absolute Gasteiger partial charge is 0.465 e. The van der Waals surface area contributed by atoms with Crippen molar-refractivity contribution in [3.63, 3.8) is 0 Å². The molecular weight excluding hydrogens is 417 g/mol. The predicted octanol–water partition coefficient (Wildman–Crippen LogP) is 5.03. The van der Waals surface area contributed by atoms with Crippen LogP contribution in [0.15, 0.2) is 22.8 Å². The zero-order valence-corrected chi connectivity index (χ0v) is 14.3. The van der Waals surface area contributed by atoms with E-state index in [0.717, 1.165) is 19.2 Å². The first kappa shape index (κ1) is 19.1. The van der Waals surface area contributed by atoms with E-state index in [-0.39, 0.29) is 11.3 Å². The molecule has 0 spiro atoms. The first-order valence-corrected chi connectivity index (χ1v) is 7.33. The lowest BCUT2D eigenvalue weighted by atomic mass is 10.1. The lowest BCUT2D eigenvalue weighted by Crippen LogP contribution is -2.16. The molecule has 134 valence electrons. The van der Waals surface area contributed by atoms with Gasteiger partial charge < -0.3 is 9.47 Å². The molecule has 1 heterocycles. The quantitative estimate of drug-likeness (QED) is 0.511. The van der Waals surface area contributed by atoms with Crippen molar-refractivity contribution >= 4 is 21.9 Å². The van der Waals surface area contributed by atoms with Crippen LogP contribution in [-0.4, -0.2) is 18.1 Å². The van der Waals surface area contributed by atoms with Crippen molar-refractivity contribution in [3.8, 4) is 11.6 Å². The number of alkyl halides is 3. The monoisotopic (exact) mass is 425 g/mol. The minimum absolute atomic E-state index is 0.178. The molecule has 25 heavy (non-hydrogen) atoms. The first-order chi connectivity index (χ1) is 11.6. The van der Waals surface area contributed by atoms with Crippen LogP contribution in [0, 0.1) is 18.6 Å². The molecule has 0 N–H and O–H groups in total. The van der Waals surface area contributed by atoms with Gasteiger partial charge >= 0.3 is 12.1 Å². The van der Waals surface area contributed by atoms with Crippen LogP contribution in [-0.2, 0) is 10.9 Å². The van der Waals surface area contributed by atoms with Crippen LogP contribution in [0.4, 0.5) is 22.0 Å². The van der Waals surface area contributed by atoms with Crippen molar-refractivity contribution in [2.45, 2.75) is 13.1 Å². The van der Waals surface area contributed by atoms with E-state index in [4.69, 9.17) is 4.74 Å². The van der Waals surface area contributed by atoms with Crippen molar-refractivity contribution < 1.29 is 36.2 Å². The lowest BCUT2D eigenvalue weighted by molar-refractivity contribution is -0.138. The van der Waals surface area contributed by atoms with Gasteiger partial charge in [0.05, 0.1) is 22.7 Å². The SMILES string of the molecule is COC(=O)c1c(C(F)(F)F)cnc(Oc2ccc(F)c(F)c2C)c1Br. The van der Waals surface area contributed by atoms with Crippen LogP contribution in [0.5, 0.6) is 11.6 Å². The number of pyridine rings is 1. The number of aromatic nitrogens is 1. The van der Waals surface area contributed by atoms with Gasteiger partial charge in [0.2, 0.25) is 5.88 Å². The number of carbonyl (C=O) groups excluding carboxylic acids is 1. The van der Waals surface area contributed by atoms with Gasteiger partial charge in [0.15, 0.2) is 11.6 Å². The van der Waals surface area contributed by atoms with E-state index in [1.54, 1.807) is 0 Å². The maximum atomic E-state index is 13.6. The number of carbonyl (C=O) groups is 1. The summed E-state index contributed by atoms with van der Waals surface area (Å²) in [5, 5.41) is 0. The molecule has 0 bridgehead atoms. The summed E-state index contributed by atoms with van der Waals surface area (Å²) >= 11 is 2.82. The van der Waals surface area contributed by atoms with Gasteiger partial charge in [-0.25, -0.2) is 18.6 Å². The van der Waals surface area contributed by atoms with Gasteiger partial charge in [-0.2, -0.15) is 13.2 Å². The molecule has 0 saturated heterocycles. The molecule has 1 aromatic heterocycles. The third-order valence-corrected chi connectivity index (χ3v) is 3.91. The molecule has 0 aliphatic carbocycles. The number of esters is 1. The number of hydrogen-bond donors (Lipinski definition) is 0. The molecule has 0 aliphatic rings. The lowest BCUT2D eigenvalue weighted by Gasteiger charge is -2.16. The summed E-state index contributed by atoms with van der Waals surface area (Å²) in [6, 6.07) is 1.87. The zero-order valence-electron chi connectivity index (χ0n) is 12.7. The fraction of sp³-hybridized carbons (Fsp3) is 0.200. The van der Waals surface area contributed by atoms with Gasteiger partial charge in [0.1, 0.15) is 5.75 Å². The second-order valence-corrected chi connectivity index (χ2v) is 5.53. The Morgan fingerprint density at radius 3 is 2.44 bits per heavy atom. The number of hydrogen-bond acceptors (Lipinski definition) is 4. The number of methoxy groups -OCH3 is 1. The maximum absolute atomic E-state index is 13.6. The summed E-state index contributed by atoms with van der Waals surface area (Å²) < 4.78 is 75.0. The third-order valence-electron chi connectivity index (χ3n) is 3.18. The molecule has 1 aromatic carbocycles. The van der Waals surface area contributed by atoms with Crippen molar-refractivity contribution in [1.82, 2.24) is 4.98 Å². The van der Waals surface area contributed by atoms with E-state index in [0.29, 0.717) is 6.20 Å². The summed E-state index contributed by atoms with van der Waals surface area (Å²) in [6.45, 7) is 1.22. The minimum atomic E-state index is -4.87. The van der Waals surface area contributed by atoms with E-state index in [2.05, 4.69) is 25.7 Å². The number of benzene rings is 1. The van der Waals surface area contributed by atoms with Crippen LogP contribution in [0.3, 0.4) is 0 Å². The number of nitrogens with zero attached hydrogens (tertiary/aromatic N) is 1. The zero-order chi connectivity index (χ0) is 18.9. The van der Waals surface area contributed by atoms with Gasteiger partial charge in [0.25, 0.3) is 0 Å². The van der Waals surface area contributed by atoms with Crippen LogP contribution in [0.25, 0.3) is 0 Å². The van der Waals surface area contributed by atoms with Crippen LogP contribution >= 0.6 is 15.9 Å². The Balaban J connectivity index is 2.58. The Labute approximate surface area is 146 Å². The summed E-state index contributed by atoms with van der Waals surface area (Å²) in [7, 11) is 0.912. The highest BCUT2D eigenvalue weighted by Gasteiger charge is 2.38. The molecule has 0 radical (unpaired) electrons. The van der Waals surface area contributed by atoms with E-state index in [1.165, 1.54) is 6.92 Å². The average Bonchev–Trinajstić information content (AvgIpc) is 2.55. The summed E-state index contributed by atoms with van der Waals surface area (Å²) in [6.07, 6.45) is -4.48. The normalized spacial score (nSPS) is 11.4. The topological polar surface area (TPSA) is 48.4 Å². The highest BCUT2D eigenvalue weighted by Crippen LogP contribution is 2.40. The molecule has 0 atom stereocenters. The summed E-state index contributed by atoms with van der Waals surface area (Å²) in [5.41, 5.74) is -2.39. The minimum Gasteiger partial charge on any atom is -0.465 e. The molecule has 0 aliphatic heterocycles. The molecule has 2 aromatic rings. The third kappa shape index (κ3) is 3.73. The molecule has 0 saturated carbocycles. The van der Waals surface area contributed by atoms with Crippen LogP contribution in [0.2, 0.25) is 0 Å². The van der Waals surface area contributed by atoms with Gasteiger partial charge in [-0.1, -0.05) is 0 Å². The summed E-state index contributed by atoms with van der Waals surface area (Å²) in [4.78, 5) is 15.2. The van der Waals surface area contributed by atoms with Crippen LogP contribution in [0.1, 0.15) is 21.5 Å². The first-order valence-electron chi connectivity index (χ1n) is 6.54. The Morgan fingerprint density at radius 1 is 1.24 bits per heavy atom. The molecular formula is C15H9BrF5NO3. The smallest absolute Gasteiger partial charge is 0.418 e. The molecule has 0 unspecified atom stereocenters. The van der Waals surface area contributed by atoms with E-state index in [1.807, 2.05) is 0 Å². The predicted molar refractivity (Wildman–Crippen MR) is 79.4 cm³/mol. The Kier molecular flexibility index (Phi) is 5.31. The molecule has 0 fully saturated rings. The van der Waals surface area contributed by atoms with Gasteiger partial charge in [-0.15, -0.1) is 0 Å². The van der Waals surface area contributed by atoms with Gasteiger partial charge in [-0.3, -0.25) is 0 Å². The fourth-order valence-electron chi connectivity index (χ4n) is 1.91. The molecule has 10 heteroatoms. The van der Waals surface area contributed by atoms with Crippen LogP contribution < -0.4 is 4.74 Å². The van der Waals surface area contributed by atoms with E-state index >= 15 is 0 Å². The Morgan fingerprint density at radius 2 is 1.88 bits per heavy atom. The second kappa shape index (κ2) is 6.95. The highest BCUT2D eigenvalue weighted by molar-refractivity contribution is 9.10. The standard InChI is InChI=1S/C15H9BrF5NO3/c1-6-9(4-3-8(17)12(6)18)25-13-11(16)10(14(23)24-2)7(5-22-13)15(19,20)21/h3-5H,1-2H3. The Hall–Kier alpha value is -2.23. The van der Waals surface area contributed by atoms with Crippen molar-refractivity contribution in [2.75, 3.05) is 7.11 Å². The second-order valence-electron chi connectivity index (χ2n) is 4.74. The molecule has 2 rings (SSSR count). The van der Waals surface area contributed by atoms with E-state index in [9.17, 15) is 26.7 Å². The van der Waals surface area contributed by atoms with Crippen molar-refractivity contribution in [1.29, 1.82) is 0 Å². The molecule has 4 nitrogen and oxygen atoms in total. The van der Waals surface area contributed by atoms with Crippen molar-refractivity contribution in [3.05, 3.63) is 51.1 Å². The molecule has 0 amide bonds. The number of ether oxygens (including phenoxy) is 2. The van der Waals surface area contributed by atoms with Gasteiger partial charge in [-0.05, 0) is 35.0 Å². The number of rotatable bonds is 3. The van der Waals surface area contributed by atoms with Gasteiger partial charge in [0, 0.05) is 11.8 Å². The maximum Gasteiger partial charge on any atom is 0.418 e.